The van der Waals surface area contributed by atoms with E-state index in [4.69, 9.17) is 5.21 Å². The number of rotatable bonds is 7. The lowest BCUT2D eigenvalue weighted by Gasteiger charge is -2.13. The van der Waals surface area contributed by atoms with Crippen molar-refractivity contribution in [2.45, 2.75) is 39.0 Å². The summed E-state index contributed by atoms with van der Waals surface area (Å²) in [5.41, 5.74) is 3.06. The molecule has 1 atom stereocenters. The smallest absolute Gasteiger partial charge is 0.246 e. The molecule has 1 amide bonds. The van der Waals surface area contributed by atoms with E-state index in [-0.39, 0.29) is 11.8 Å². The Hall–Kier alpha value is -1.35. The first kappa shape index (κ1) is 13.7. The molecular formula is C14H21NO2. The van der Waals surface area contributed by atoms with Crippen molar-refractivity contribution in [2.24, 2.45) is 5.92 Å². The Morgan fingerprint density at radius 2 is 2.00 bits per heavy atom. The zero-order valence-corrected chi connectivity index (χ0v) is 10.4. The number of amides is 1. The van der Waals surface area contributed by atoms with Crippen molar-refractivity contribution >= 4 is 5.91 Å². The predicted molar refractivity (Wildman–Crippen MR) is 67.7 cm³/mol. The van der Waals surface area contributed by atoms with Gasteiger partial charge in [0, 0.05) is 5.92 Å². The van der Waals surface area contributed by atoms with Crippen LogP contribution in [0.25, 0.3) is 0 Å². The van der Waals surface area contributed by atoms with Crippen molar-refractivity contribution in [2.75, 3.05) is 0 Å². The molecule has 0 fully saturated rings. The van der Waals surface area contributed by atoms with Gasteiger partial charge in [0.2, 0.25) is 5.91 Å². The van der Waals surface area contributed by atoms with Gasteiger partial charge in [-0.15, -0.1) is 0 Å². The van der Waals surface area contributed by atoms with E-state index in [2.05, 4.69) is 19.1 Å². The predicted octanol–water partition coefficient (Wildman–Crippen LogP) is 2.93. The summed E-state index contributed by atoms with van der Waals surface area (Å²) < 4.78 is 0. The highest BCUT2D eigenvalue weighted by molar-refractivity contribution is 5.77. The van der Waals surface area contributed by atoms with Crippen LogP contribution in [-0.4, -0.2) is 11.1 Å². The van der Waals surface area contributed by atoms with Crippen LogP contribution in [0.15, 0.2) is 30.3 Å². The van der Waals surface area contributed by atoms with Gasteiger partial charge in [0.15, 0.2) is 0 Å². The quantitative estimate of drug-likeness (QED) is 0.564. The zero-order chi connectivity index (χ0) is 12.5. The Morgan fingerprint density at radius 1 is 1.29 bits per heavy atom. The third-order valence-corrected chi connectivity index (χ3v) is 2.98. The van der Waals surface area contributed by atoms with E-state index in [1.165, 1.54) is 5.56 Å². The molecule has 94 valence electrons. The first-order valence-corrected chi connectivity index (χ1v) is 6.25. The highest BCUT2D eigenvalue weighted by atomic mass is 16.5. The molecule has 0 bridgehead atoms. The molecule has 0 spiro atoms. The molecule has 0 saturated heterocycles. The normalized spacial score (nSPS) is 12.1. The molecule has 3 nitrogen and oxygen atoms in total. The minimum atomic E-state index is -0.250. The number of hydrogen-bond donors (Lipinski definition) is 2. The van der Waals surface area contributed by atoms with E-state index in [0.29, 0.717) is 0 Å². The summed E-state index contributed by atoms with van der Waals surface area (Å²) in [6.07, 6.45) is 4.58. The molecule has 0 aromatic heterocycles. The number of hydrogen-bond acceptors (Lipinski definition) is 2. The highest BCUT2D eigenvalue weighted by Crippen LogP contribution is 2.15. The van der Waals surface area contributed by atoms with Gasteiger partial charge in [-0.1, -0.05) is 43.7 Å². The fourth-order valence-corrected chi connectivity index (χ4v) is 2.04. The Kier molecular flexibility index (Phi) is 6.33. The first-order valence-electron chi connectivity index (χ1n) is 6.25. The van der Waals surface area contributed by atoms with Gasteiger partial charge in [-0.2, -0.15) is 0 Å². The Morgan fingerprint density at radius 3 is 2.59 bits per heavy atom. The van der Waals surface area contributed by atoms with Crippen molar-refractivity contribution in [3.05, 3.63) is 35.9 Å². The van der Waals surface area contributed by atoms with E-state index in [1.807, 2.05) is 18.2 Å². The highest BCUT2D eigenvalue weighted by Gasteiger charge is 2.16. The summed E-state index contributed by atoms with van der Waals surface area (Å²) in [6, 6.07) is 10.3. The SMILES string of the molecule is CCCC(CCCc1ccccc1)C(=O)NO. The van der Waals surface area contributed by atoms with Gasteiger partial charge in [-0.25, -0.2) is 5.48 Å². The van der Waals surface area contributed by atoms with Crippen molar-refractivity contribution < 1.29 is 10.0 Å². The van der Waals surface area contributed by atoms with Crippen LogP contribution < -0.4 is 5.48 Å². The monoisotopic (exact) mass is 235 g/mol. The summed E-state index contributed by atoms with van der Waals surface area (Å²) in [6.45, 7) is 2.05. The van der Waals surface area contributed by atoms with Gasteiger partial charge < -0.3 is 0 Å². The van der Waals surface area contributed by atoms with E-state index < -0.39 is 0 Å². The third-order valence-electron chi connectivity index (χ3n) is 2.98. The maximum atomic E-state index is 11.4. The molecule has 17 heavy (non-hydrogen) atoms. The molecule has 1 rings (SSSR count). The number of nitrogens with one attached hydrogen (secondary N) is 1. The third kappa shape index (κ3) is 5.00. The van der Waals surface area contributed by atoms with Gasteiger partial charge in [0.05, 0.1) is 0 Å². The van der Waals surface area contributed by atoms with Gasteiger partial charge in [0.25, 0.3) is 0 Å². The van der Waals surface area contributed by atoms with E-state index in [9.17, 15) is 4.79 Å². The lowest BCUT2D eigenvalue weighted by molar-refractivity contribution is -0.133. The Labute approximate surface area is 103 Å². The second kappa shape index (κ2) is 7.85. The van der Waals surface area contributed by atoms with Crippen LogP contribution in [0.4, 0.5) is 0 Å². The van der Waals surface area contributed by atoms with Crippen LogP contribution in [0.5, 0.6) is 0 Å². The average molecular weight is 235 g/mol. The summed E-state index contributed by atoms with van der Waals surface area (Å²) in [7, 11) is 0. The molecule has 2 N–H and O–H groups in total. The molecule has 0 aliphatic rings. The molecule has 0 aliphatic heterocycles. The molecule has 0 saturated carbocycles. The van der Waals surface area contributed by atoms with E-state index in [1.54, 1.807) is 5.48 Å². The van der Waals surface area contributed by atoms with Crippen molar-refractivity contribution in [1.82, 2.24) is 5.48 Å². The number of aryl methyl sites for hydroxylation is 1. The molecular weight excluding hydrogens is 214 g/mol. The minimum Gasteiger partial charge on any atom is -0.289 e. The maximum absolute atomic E-state index is 11.4. The first-order chi connectivity index (χ1) is 8.27. The lowest BCUT2D eigenvalue weighted by Crippen LogP contribution is -2.27. The van der Waals surface area contributed by atoms with Gasteiger partial charge >= 0.3 is 0 Å². The fraction of sp³-hybridized carbons (Fsp3) is 0.500. The van der Waals surface area contributed by atoms with E-state index >= 15 is 0 Å². The molecule has 0 aliphatic carbocycles. The molecule has 1 aromatic carbocycles. The van der Waals surface area contributed by atoms with Crippen LogP contribution in [0.2, 0.25) is 0 Å². The Balaban J connectivity index is 2.34. The number of hydroxylamine groups is 1. The molecule has 0 radical (unpaired) electrons. The summed E-state index contributed by atoms with van der Waals surface area (Å²) in [4.78, 5) is 11.4. The topological polar surface area (TPSA) is 49.3 Å². The molecule has 1 aromatic rings. The van der Waals surface area contributed by atoms with Crippen molar-refractivity contribution in [3.8, 4) is 0 Å². The minimum absolute atomic E-state index is 0.0614. The number of carbonyl (C=O) groups excluding carboxylic acids is 1. The number of benzene rings is 1. The van der Waals surface area contributed by atoms with Crippen LogP contribution in [0.1, 0.15) is 38.2 Å². The second-order valence-electron chi connectivity index (χ2n) is 4.34. The Bertz CT molecular complexity index is 324. The van der Waals surface area contributed by atoms with Crippen molar-refractivity contribution in [1.29, 1.82) is 0 Å². The average Bonchev–Trinajstić information content (AvgIpc) is 2.38. The summed E-state index contributed by atoms with van der Waals surface area (Å²) in [5, 5.41) is 8.65. The number of carbonyl (C=O) groups is 1. The van der Waals surface area contributed by atoms with Gasteiger partial charge in [0.1, 0.15) is 0 Å². The summed E-state index contributed by atoms with van der Waals surface area (Å²) in [5.74, 6) is -0.311. The largest absolute Gasteiger partial charge is 0.289 e. The fourth-order valence-electron chi connectivity index (χ4n) is 2.04. The van der Waals surface area contributed by atoms with Crippen LogP contribution in [0, 0.1) is 5.92 Å². The lowest BCUT2D eigenvalue weighted by atomic mass is 9.95. The van der Waals surface area contributed by atoms with Gasteiger partial charge in [-0.3, -0.25) is 10.0 Å². The molecule has 3 heteroatoms. The maximum Gasteiger partial charge on any atom is 0.246 e. The van der Waals surface area contributed by atoms with Crippen LogP contribution >= 0.6 is 0 Å². The van der Waals surface area contributed by atoms with Crippen LogP contribution in [0.3, 0.4) is 0 Å². The molecule has 0 heterocycles. The van der Waals surface area contributed by atoms with Crippen molar-refractivity contribution in [3.63, 3.8) is 0 Å². The second-order valence-corrected chi connectivity index (χ2v) is 4.34. The zero-order valence-electron chi connectivity index (χ0n) is 10.4. The van der Waals surface area contributed by atoms with Gasteiger partial charge in [-0.05, 0) is 31.2 Å². The van der Waals surface area contributed by atoms with Crippen LogP contribution in [-0.2, 0) is 11.2 Å². The molecule has 1 unspecified atom stereocenters. The van der Waals surface area contributed by atoms with E-state index in [0.717, 1.165) is 32.1 Å². The summed E-state index contributed by atoms with van der Waals surface area (Å²) >= 11 is 0. The standard InChI is InChI=1S/C14H21NO2/c1-2-7-13(14(16)15-17)11-6-10-12-8-4-3-5-9-12/h3-5,8-9,13,17H,2,6-7,10-11H2,1H3,(H,15,16).